The van der Waals surface area contributed by atoms with Crippen molar-refractivity contribution in [2.75, 3.05) is 25.5 Å². The van der Waals surface area contributed by atoms with Gasteiger partial charge in [0.2, 0.25) is 0 Å². The molecule has 0 saturated heterocycles. The van der Waals surface area contributed by atoms with Gasteiger partial charge in [-0.2, -0.15) is 0 Å². The second-order valence-corrected chi connectivity index (χ2v) is 4.43. The van der Waals surface area contributed by atoms with Crippen LogP contribution in [-0.2, 0) is 0 Å². The van der Waals surface area contributed by atoms with Crippen molar-refractivity contribution in [1.82, 2.24) is 9.88 Å². The molecule has 0 aromatic carbocycles. The molecular weight excluding hydrogens is 226 g/mol. The third-order valence-electron chi connectivity index (χ3n) is 2.81. The van der Waals surface area contributed by atoms with E-state index in [1.165, 1.54) is 0 Å². The molecule has 4 nitrogen and oxygen atoms in total. The smallest absolute Gasteiger partial charge is 0.255 e. The van der Waals surface area contributed by atoms with E-state index in [2.05, 4.69) is 24.1 Å². The monoisotopic (exact) mass is 249 g/mol. The van der Waals surface area contributed by atoms with Crippen LogP contribution in [0.25, 0.3) is 0 Å². The number of unbranched alkanes of at least 4 members (excludes halogenated alkanes) is 1. The van der Waals surface area contributed by atoms with Gasteiger partial charge in [-0.1, -0.05) is 20.3 Å². The van der Waals surface area contributed by atoms with E-state index in [1.54, 1.807) is 23.4 Å². The van der Waals surface area contributed by atoms with Gasteiger partial charge in [0.15, 0.2) is 0 Å². The zero-order valence-electron chi connectivity index (χ0n) is 11.6. The third-order valence-corrected chi connectivity index (χ3v) is 2.81. The summed E-state index contributed by atoms with van der Waals surface area (Å²) < 4.78 is 0. The van der Waals surface area contributed by atoms with Gasteiger partial charge < -0.3 is 10.2 Å². The molecule has 4 heteroatoms. The zero-order valence-corrected chi connectivity index (χ0v) is 11.6. The maximum absolute atomic E-state index is 12.3. The topological polar surface area (TPSA) is 45.2 Å². The Labute approximate surface area is 109 Å². The van der Waals surface area contributed by atoms with Crippen LogP contribution in [0.1, 0.15) is 43.5 Å². The molecule has 0 bridgehead atoms. The molecule has 0 fully saturated rings. The van der Waals surface area contributed by atoms with E-state index >= 15 is 0 Å². The summed E-state index contributed by atoms with van der Waals surface area (Å²) in [5, 5.41) is 3.24. The van der Waals surface area contributed by atoms with Gasteiger partial charge in [-0.25, -0.2) is 0 Å². The van der Waals surface area contributed by atoms with Gasteiger partial charge in [-0.3, -0.25) is 9.78 Å². The van der Waals surface area contributed by atoms with Crippen LogP contribution in [0.2, 0.25) is 0 Å². The number of hydrogen-bond donors (Lipinski definition) is 1. The molecule has 18 heavy (non-hydrogen) atoms. The highest BCUT2D eigenvalue weighted by Gasteiger charge is 2.14. The summed E-state index contributed by atoms with van der Waals surface area (Å²) in [6, 6.07) is 1.78. The highest BCUT2D eigenvalue weighted by Crippen LogP contribution is 2.15. The molecule has 0 atom stereocenters. The number of pyridine rings is 1. The minimum atomic E-state index is 0.0597. The van der Waals surface area contributed by atoms with E-state index in [-0.39, 0.29) is 5.91 Å². The number of amides is 1. The quantitative estimate of drug-likeness (QED) is 0.808. The van der Waals surface area contributed by atoms with E-state index in [0.717, 1.165) is 38.0 Å². The molecule has 1 amide bonds. The number of carbonyl (C=O) groups excluding carboxylic acids is 1. The first-order valence-electron chi connectivity index (χ1n) is 6.64. The van der Waals surface area contributed by atoms with Crippen LogP contribution in [0.4, 0.5) is 5.69 Å². The lowest BCUT2D eigenvalue weighted by atomic mass is 10.2. The molecule has 0 aliphatic rings. The van der Waals surface area contributed by atoms with E-state index < -0.39 is 0 Å². The van der Waals surface area contributed by atoms with Gasteiger partial charge in [-0.05, 0) is 18.9 Å². The largest absolute Gasteiger partial charge is 0.383 e. The number of nitrogens with one attached hydrogen (secondary N) is 1. The fraction of sp³-hybridized carbons (Fsp3) is 0.571. The highest BCUT2D eigenvalue weighted by atomic mass is 16.2. The van der Waals surface area contributed by atoms with E-state index in [9.17, 15) is 4.79 Å². The van der Waals surface area contributed by atoms with Crippen LogP contribution >= 0.6 is 0 Å². The first kappa shape index (κ1) is 14.5. The Hall–Kier alpha value is -1.58. The van der Waals surface area contributed by atoms with Crippen LogP contribution in [-0.4, -0.2) is 35.9 Å². The molecule has 0 unspecified atom stereocenters. The van der Waals surface area contributed by atoms with Crippen molar-refractivity contribution in [3.8, 4) is 0 Å². The summed E-state index contributed by atoms with van der Waals surface area (Å²) in [7, 11) is 1.85. The highest BCUT2D eigenvalue weighted by molar-refractivity contribution is 5.99. The summed E-state index contributed by atoms with van der Waals surface area (Å²) in [4.78, 5) is 18.1. The second-order valence-electron chi connectivity index (χ2n) is 4.43. The second kappa shape index (κ2) is 7.69. The average Bonchev–Trinajstić information content (AvgIpc) is 2.42. The van der Waals surface area contributed by atoms with Gasteiger partial charge >= 0.3 is 0 Å². The molecule has 1 N–H and O–H groups in total. The average molecular weight is 249 g/mol. The summed E-state index contributed by atoms with van der Waals surface area (Å²) in [5.74, 6) is 0.0597. The van der Waals surface area contributed by atoms with Crippen molar-refractivity contribution in [2.24, 2.45) is 0 Å². The molecule has 0 aliphatic carbocycles. The SMILES string of the molecule is CCCCN(C)C(=O)c1ccncc1NCCC. The Morgan fingerprint density at radius 1 is 1.39 bits per heavy atom. The number of anilines is 1. The van der Waals surface area contributed by atoms with Gasteiger partial charge in [0.05, 0.1) is 17.4 Å². The Kier molecular flexibility index (Phi) is 6.19. The molecule has 1 heterocycles. The maximum atomic E-state index is 12.3. The molecule has 1 rings (SSSR count). The summed E-state index contributed by atoms with van der Waals surface area (Å²) in [5.41, 5.74) is 1.53. The van der Waals surface area contributed by atoms with Crippen molar-refractivity contribution in [3.63, 3.8) is 0 Å². The van der Waals surface area contributed by atoms with Gasteiger partial charge in [0.25, 0.3) is 5.91 Å². The number of carbonyl (C=O) groups is 1. The number of nitrogens with zero attached hydrogens (tertiary/aromatic N) is 2. The standard InChI is InChI=1S/C14H23N3O/c1-4-6-10-17(3)14(18)12-7-9-15-11-13(12)16-8-5-2/h7,9,11,16H,4-6,8,10H2,1-3H3. The van der Waals surface area contributed by atoms with Gasteiger partial charge in [0, 0.05) is 26.3 Å². The summed E-state index contributed by atoms with van der Waals surface area (Å²) >= 11 is 0. The predicted molar refractivity (Wildman–Crippen MR) is 74.9 cm³/mol. The molecule has 0 radical (unpaired) electrons. The predicted octanol–water partition coefficient (Wildman–Crippen LogP) is 2.78. The summed E-state index contributed by atoms with van der Waals surface area (Å²) in [6.45, 7) is 5.87. The van der Waals surface area contributed by atoms with Crippen molar-refractivity contribution < 1.29 is 4.79 Å². The van der Waals surface area contributed by atoms with Crippen LogP contribution < -0.4 is 5.32 Å². The lowest BCUT2D eigenvalue weighted by Crippen LogP contribution is -2.28. The Bertz CT molecular complexity index is 379. The minimum Gasteiger partial charge on any atom is -0.383 e. The number of rotatable bonds is 7. The van der Waals surface area contributed by atoms with Crippen LogP contribution in [0.15, 0.2) is 18.5 Å². The molecule has 1 aromatic rings. The lowest BCUT2D eigenvalue weighted by molar-refractivity contribution is 0.0794. The third kappa shape index (κ3) is 4.02. The van der Waals surface area contributed by atoms with Crippen molar-refractivity contribution in [2.45, 2.75) is 33.1 Å². The summed E-state index contributed by atoms with van der Waals surface area (Å²) in [6.07, 6.45) is 6.53. The fourth-order valence-corrected chi connectivity index (χ4v) is 1.68. The molecular formula is C14H23N3O. The van der Waals surface area contributed by atoms with Crippen molar-refractivity contribution in [3.05, 3.63) is 24.0 Å². The van der Waals surface area contributed by atoms with Crippen molar-refractivity contribution in [1.29, 1.82) is 0 Å². The maximum Gasteiger partial charge on any atom is 0.255 e. The Morgan fingerprint density at radius 3 is 2.83 bits per heavy atom. The van der Waals surface area contributed by atoms with E-state index in [1.807, 2.05) is 7.05 Å². The molecule has 0 aliphatic heterocycles. The van der Waals surface area contributed by atoms with Crippen molar-refractivity contribution >= 4 is 11.6 Å². The minimum absolute atomic E-state index is 0.0597. The van der Waals surface area contributed by atoms with Crippen LogP contribution in [0.5, 0.6) is 0 Å². The van der Waals surface area contributed by atoms with Crippen LogP contribution in [0, 0.1) is 0 Å². The first-order chi connectivity index (χ1) is 8.70. The number of aromatic nitrogens is 1. The Morgan fingerprint density at radius 2 is 2.17 bits per heavy atom. The van der Waals surface area contributed by atoms with Crippen LogP contribution in [0.3, 0.4) is 0 Å². The zero-order chi connectivity index (χ0) is 13.4. The van der Waals surface area contributed by atoms with E-state index in [0.29, 0.717) is 5.56 Å². The fourth-order valence-electron chi connectivity index (χ4n) is 1.68. The van der Waals surface area contributed by atoms with E-state index in [4.69, 9.17) is 0 Å². The normalized spacial score (nSPS) is 10.2. The van der Waals surface area contributed by atoms with Gasteiger partial charge in [-0.15, -0.1) is 0 Å². The Balaban J connectivity index is 2.77. The van der Waals surface area contributed by atoms with Gasteiger partial charge in [0.1, 0.15) is 0 Å². The lowest BCUT2D eigenvalue weighted by Gasteiger charge is -2.18. The molecule has 1 aromatic heterocycles. The first-order valence-corrected chi connectivity index (χ1v) is 6.64. The molecule has 100 valence electrons. The molecule has 0 saturated carbocycles. The molecule has 0 spiro atoms. The number of hydrogen-bond acceptors (Lipinski definition) is 3.